The lowest BCUT2D eigenvalue weighted by Gasteiger charge is -2.31. The van der Waals surface area contributed by atoms with E-state index in [0.717, 1.165) is 40.7 Å². The van der Waals surface area contributed by atoms with Gasteiger partial charge in [-0.1, -0.05) is 38.2 Å². The first-order valence-electron chi connectivity index (χ1n) is 9.65. The number of aryl methyl sites for hydroxylation is 1. The summed E-state index contributed by atoms with van der Waals surface area (Å²) in [5, 5.41) is 8.63. The van der Waals surface area contributed by atoms with Gasteiger partial charge < -0.3 is 10.2 Å². The zero-order chi connectivity index (χ0) is 19.9. The zero-order valence-electron chi connectivity index (χ0n) is 16.8. The maximum atomic E-state index is 12.8. The summed E-state index contributed by atoms with van der Waals surface area (Å²) >= 11 is 1.58. The molecule has 1 aliphatic heterocycles. The van der Waals surface area contributed by atoms with Gasteiger partial charge in [-0.3, -0.25) is 4.79 Å². The highest BCUT2D eigenvalue weighted by Gasteiger charge is 2.29. The van der Waals surface area contributed by atoms with Crippen molar-refractivity contribution in [1.29, 1.82) is 0 Å². The van der Waals surface area contributed by atoms with Crippen LogP contribution in [0.4, 0.5) is 10.9 Å². The fourth-order valence-corrected chi connectivity index (χ4v) is 4.30. The van der Waals surface area contributed by atoms with Crippen molar-refractivity contribution in [1.82, 2.24) is 19.6 Å². The van der Waals surface area contributed by atoms with E-state index in [9.17, 15) is 4.79 Å². The lowest BCUT2D eigenvalue weighted by atomic mass is 9.93. The quantitative estimate of drug-likeness (QED) is 0.729. The monoisotopic (exact) mass is 398 g/mol. The highest BCUT2D eigenvalue weighted by atomic mass is 32.1. The maximum Gasteiger partial charge on any atom is 0.230 e. The summed E-state index contributed by atoms with van der Waals surface area (Å²) < 4.78 is 1.86. The molecule has 1 aliphatic rings. The molecule has 1 amide bonds. The van der Waals surface area contributed by atoms with E-state index < -0.39 is 0 Å². The fourth-order valence-electron chi connectivity index (χ4n) is 3.38. The topological polar surface area (TPSA) is 75.4 Å². The zero-order valence-corrected chi connectivity index (χ0v) is 17.6. The summed E-state index contributed by atoms with van der Waals surface area (Å²) in [6.45, 7) is 9.98. The number of fused-ring (bicyclic) bond motifs is 1. The molecule has 0 aliphatic carbocycles. The van der Waals surface area contributed by atoms with Crippen molar-refractivity contribution >= 4 is 33.2 Å². The summed E-state index contributed by atoms with van der Waals surface area (Å²) in [6, 6.07) is 3.82. The number of imidazole rings is 1. The summed E-state index contributed by atoms with van der Waals surface area (Å²) in [6.07, 6.45) is 5.56. The Hall–Kier alpha value is -2.48. The van der Waals surface area contributed by atoms with E-state index in [0.29, 0.717) is 12.4 Å². The van der Waals surface area contributed by atoms with Gasteiger partial charge in [0.25, 0.3) is 0 Å². The van der Waals surface area contributed by atoms with E-state index in [2.05, 4.69) is 36.0 Å². The third-order valence-electron chi connectivity index (χ3n) is 5.11. The molecule has 1 unspecified atom stereocenters. The first kappa shape index (κ1) is 18.9. The third-order valence-corrected chi connectivity index (χ3v) is 6.10. The van der Waals surface area contributed by atoms with Gasteiger partial charge in [-0.2, -0.15) is 0 Å². The van der Waals surface area contributed by atoms with Gasteiger partial charge in [0, 0.05) is 24.7 Å². The molecule has 1 fully saturated rings. The first-order valence-corrected chi connectivity index (χ1v) is 10.5. The number of hydrogen-bond donors (Lipinski definition) is 1. The Morgan fingerprint density at radius 2 is 2.18 bits per heavy atom. The molecule has 0 saturated carbocycles. The molecular formula is C20H26N6OS. The number of carbonyl (C=O) groups is 1. The molecule has 3 aromatic heterocycles. The van der Waals surface area contributed by atoms with E-state index in [1.165, 1.54) is 0 Å². The Bertz CT molecular complexity index is 970. The molecule has 0 radical (unpaired) electrons. The standard InChI is InChI=1S/C20H26N6OS/c1-13-7-5-9-21-16(13)23-17(27)14-8-6-10-25(11-14)19-24-26-12-15(20(2,3)4)22-18(26)28-19/h5,7,9,12,14H,6,8,10-11H2,1-4H3,(H,21,23,27). The Morgan fingerprint density at radius 3 is 2.89 bits per heavy atom. The molecule has 1 saturated heterocycles. The minimum atomic E-state index is -0.0727. The second-order valence-electron chi connectivity index (χ2n) is 8.43. The highest BCUT2D eigenvalue weighted by molar-refractivity contribution is 7.20. The molecule has 4 heterocycles. The Kier molecular flexibility index (Phi) is 4.82. The smallest absolute Gasteiger partial charge is 0.230 e. The third kappa shape index (κ3) is 3.73. The number of carbonyl (C=O) groups excluding carboxylic acids is 1. The molecule has 7 nitrogen and oxygen atoms in total. The van der Waals surface area contributed by atoms with E-state index in [1.807, 2.05) is 29.8 Å². The van der Waals surface area contributed by atoms with Crippen LogP contribution in [0.2, 0.25) is 0 Å². The molecule has 8 heteroatoms. The molecule has 1 N–H and O–H groups in total. The van der Waals surface area contributed by atoms with Crippen LogP contribution in [-0.4, -0.2) is 38.6 Å². The summed E-state index contributed by atoms with van der Waals surface area (Å²) in [4.78, 5) is 24.9. The lowest BCUT2D eigenvalue weighted by molar-refractivity contribution is -0.120. The SMILES string of the molecule is Cc1cccnc1NC(=O)C1CCCN(c2nn3cc(C(C)(C)C)nc3s2)C1. The van der Waals surface area contributed by atoms with Crippen LogP contribution < -0.4 is 10.2 Å². The van der Waals surface area contributed by atoms with Crippen LogP contribution in [0.1, 0.15) is 44.9 Å². The molecule has 148 valence electrons. The van der Waals surface area contributed by atoms with Crippen LogP contribution in [0.5, 0.6) is 0 Å². The molecule has 28 heavy (non-hydrogen) atoms. The molecular weight excluding hydrogens is 372 g/mol. The normalized spacial score (nSPS) is 17.9. The van der Waals surface area contributed by atoms with Crippen molar-refractivity contribution < 1.29 is 4.79 Å². The van der Waals surface area contributed by atoms with Crippen LogP contribution in [0, 0.1) is 12.8 Å². The number of amides is 1. The molecule has 3 aromatic rings. The average Bonchev–Trinajstić information content (AvgIpc) is 3.23. The van der Waals surface area contributed by atoms with E-state index in [-0.39, 0.29) is 17.2 Å². The van der Waals surface area contributed by atoms with Gasteiger partial charge in [0.15, 0.2) is 0 Å². The van der Waals surface area contributed by atoms with Gasteiger partial charge in [0.05, 0.1) is 17.8 Å². The predicted octanol–water partition coefficient (Wildman–Crippen LogP) is 3.65. The number of nitrogens with one attached hydrogen (secondary N) is 1. The number of rotatable bonds is 3. The van der Waals surface area contributed by atoms with Gasteiger partial charge >= 0.3 is 0 Å². The molecule has 0 aromatic carbocycles. The van der Waals surface area contributed by atoms with Crippen molar-refractivity contribution in [2.24, 2.45) is 5.92 Å². The number of anilines is 2. The maximum absolute atomic E-state index is 12.8. The molecule has 1 atom stereocenters. The van der Waals surface area contributed by atoms with Crippen molar-refractivity contribution in [2.75, 3.05) is 23.3 Å². The highest BCUT2D eigenvalue weighted by Crippen LogP contribution is 2.30. The number of piperidine rings is 1. The van der Waals surface area contributed by atoms with Gasteiger partial charge in [-0.25, -0.2) is 14.5 Å². The fraction of sp³-hybridized carbons (Fsp3) is 0.500. The van der Waals surface area contributed by atoms with Gasteiger partial charge in [-0.05, 0) is 31.4 Å². The predicted molar refractivity (Wildman–Crippen MR) is 112 cm³/mol. The first-order chi connectivity index (χ1) is 13.3. The van der Waals surface area contributed by atoms with Crippen LogP contribution in [-0.2, 0) is 10.2 Å². The number of nitrogens with zero attached hydrogens (tertiary/aromatic N) is 5. The largest absolute Gasteiger partial charge is 0.346 e. The van der Waals surface area contributed by atoms with E-state index >= 15 is 0 Å². The minimum Gasteiger partial charge on any atom is -0.346 e. The second kappa shape index (κ2) is 7.16. The number of aromatic nitrogens is 4. The molecule has 0 spiro atoms. The van der Waals surface area contributed by atoms with E-state index in [1.54, 1.807) is 17.5 Å². The van der Waals surface area contributed by atoms with Gasteiger partial charge in [0.1, 0.15) is 5.82 Å². The molecule has 4 rings (SSSR count). The molecule has 0 bridgehead atoms. The van der Waals surface area contributed by atoms with Crippen molar-refractivity contribution in [3.05, 3.63) is 35.8 Å². The van der Waals surface area contributed by atoms with Gasteiger partial charge in [-0.15, -0.1) is 5.10 Å². The number of pyridine rings is 1. The second-order valence-corrected chi connectivity index (χ2v) is 9.37. The van der Waals surface area contributed by atoms with Crippen LogP contribution in [0.3, 0.4) is 0 Å². The number of hydrogen-bond acceptors (Lipinski definition) is 6. The summed E-state index contributed by atoms with van der Waals surface area (Å²) in [7, 11) is 0. The Morgan fingerprint density at radius 1 is 1.36 bits per heavy atom. The van der Waals surface area contributed by atoms with Gasteiger partial charge in [0.2, 0.25) is 16.0 Å². The van der Waals surface area contributed by atoms with Crippen LogP contribution in [0.15, 0.2) is 24.5 Å². The Labute approximate surface area is 168 Å². The van der Waals surface area contributed by atoms with Crippen molar-refractivity contribution in [2.45, 2.75) is 46.0 Å². The summed E-state index contributed by atoms with van der Waals surface area (Å²) in [5.74, 6) is 0.603. The van der Waals surface area contributed by atoms with Crippen molar-refractivity contribution in [3.63, 3.8) is 0 Å². The van der Waals surface area contributed by atoms with Crippen molar-refractivity contribution in [3.8, 4) is 0 Å². The van der Waals surface area contributed by atoms with Crippen LogP contribution in [0.25, 0.3) is 4.96 Å². The van der Waals surface area contributed by atoms with Crippen LogP contribution >= 0.6 is 11.3 Å². The Balaban J connectivity index is 1.47. The average molecular weight is 399 g/mol. The summed E-state index contributed by atoms with van der Waals surface area (Å²) in [5.41, 5.74) is 2.02. The minimum absolute atomic E-state index is 0.00545. The van der Waals surface area contributed by atoms with E-state index in [4.69, 9.17) is 10.1 Å². The lowest BCUT2D eigenvalue weighted by Crippen LogP contribution is -2.41.